The summed E-state index contributed by atoms with van der Waals surface area (Å²) in [6.45, 7) is 13.5. The Morgan fingerprint density at radius 1 is 1.11 bits per heavy atom. The Balaban J connectivity index is 0.000000384. The maximum atomic E-state index is 5.91. The maximum absolute atomic E-state index is 5.91. The highest BCUT2D eigenvalue weighted by Crippen LogP contribution is 2.24. The van der Waals surface area contributed by atoms with E-state index in [1.54, 1.807) is 0 Å². The van der Waals surface area contributed by atoms with Gasteiger partial charge in [0, 0.05) is 44.2 Å². The molecule has 0 spiro atoms. The second kappa shape index (κ2) is 17.6. The molecule has 0 saturated carbocycles. The van der Waals surface area contributed by atoms with Crippen molar-refractivity contribution < 1.29 is 0 Å². The van der Waals surface area contributed by atoms with Crippen LogP contribution in [-0.4, -0.2) is 43.6 Å². The zero-order chi connectivity index (χ0) is 27.8. The Hall–Kier alpha value is -2.89. The molecule has 1 heterocycles. The number of hydrogen-bond donors (Lipinski definition) is 2. The topological polar surface area (TPSA) is 52.0 Å². The minimum absolute atomic E-state index is 0.721. The summed E-state index contributed by atoms with van der Waals surface area (Å²) < 4.78 is 0. The molecule has 5 nitrogen and oxygen atoms in total. The smallest absolute Gasteiger partial charge is 0.154 e. The molecule has 1 fully saturated rings. The average Bonchev–Trinajstić information content (AvgIpc) is 2.91. The van der Waals surface area contributed by atoms with Gasteiger partial charge in [0.1, 0.15) is 0 Å². The van der Waals surface area contributed by atoms with Crippen LogP contribution in [0.5, 0.6) is 0 Å². The summed E-state index contributed by atoms with van der Waals surface area (Å²) in [6, 6.07) is 14.2. The molecule has 0 aliphatic carbocycles. The summed E-state index contributed by atoms with van der Waals surface area (Å²) in [5, 5.41) is 0.736. The lowest BCUT2D eigenvalue weighted by atomic mass is 9.93. The molecule has 3 rings (SSSR count). The monoisotopic (exact) mass is 535 g/mol. The van der Waals surface area contributed by atoms with Crippen LogP contribution in [0.25, 0.3) is 0 Å². The van der Waals surface area contributed by atoms with Crippen molar-refractivity contribution in [2.24, 2.45) is 15.9 Å². The van der Waals surface area contributed by atoms with E-state index in [-0.39, 0.29) is 0 Å². The van der Waals surface area contributed by atoms with Gasteiger partial charge in [0.25, 0.3) is 0 Å². The van der Waals surface area contributed by atoms with E-state index in [2.05, 4.69) is 97.1 Å². The van der Waals surface area contributed by atoms with Crippen molar-refractivity contribution in [2.75, 3.05) is 32.1 Å². The SMILES string of the molecule is C/C=C\C(=C/CC)N1CCC(CC=NC(=NCC)c2cccc(C)c2)CC1.CNNc1c(C)cccc1Cl. The zero-order valence-electron chi connectivity index (χ0n) is 24.1. The fraction of sp³-hybridized carbons (Fsp3) is 0.438. The van der Waals surface area contributed by atoms with Gasteiger partial charge in [-0.1, -0.05) is 66.6 Å². The van der Waals surface area contributed by atoms with E-state index in [9.17, 15) is 0 Å². The van der Waals surface area contributed by atoms with Crippen LogP contribution in [0.15, 0.2) is 76.4 Å². The molecule has 1 aliphatic rings. The van der Waals surface area contributed by atoms with Gasteiger partial charge in [-0.3, -0.25) is 4.99 Å². The fourth-order valence-electron chi connectivity index (χ4n) is 4.45. The number of nitrogens with one attached hydrogen (secondary N) is 2. The standard InChI is InChI=1S/C24H35N3.C8H11ClN2/c1-5-9-23(10-6-2)27-17-14-21(15-18-27)13-16-26-24(25-7-3)22-12-8-11-20(4)19-22;1-6-4-3-5-7(9)8(6)11-10-2/h5,8-12,16,19,21H,6-7,13-15,17-18H2,1-4H3;3-5,10-11H,1-2H3/b9-5-,23-10+,25-24?,26-16?;. The number of aliphatic imine (C=N–C) groups is 2. The van der Waals surface area contributed by atoms with Crippen molar-refractivity contribution in [3.63, 3.8) is 0 Å². The molecule has 1 saturated heterocycles. The van der Waals surface area contributed by atoms with Gasteiger partial charge in [-0.15, -0.1) is 0 Å². The molecular formula is C32H46ClN5. The normalized spacial score (nSPS) is 15.2. The van der Waals surface area contributed by atoms with Crippen LogP contribution in [0.3, 0.4) is 0 Å². The van der Waals surface area contributed by atoms with Crippen molar-refractivity contribution in [2.45, 2.75) is 60.3 Å². The molecule has 0 amide bonds. The van der Waals surface area contributed by atoms with Crippen molar-refractivity contribution in [3.8, 4) is 0 Å². The average molecular weight is 536 g/mol. The fourth-order valence-corrected chi connectivity index (χ4v) is 4.72. The predicted molar refractivity (Wildman–Crippen MR) is 168 cm³/mol. The van der Waals surface area contributed by atoms with Gasteiger partial charge in [-0.05, 0) is 83.1 Å². The maximum Gasteiger partial charge on any atom is 0.154 e. The molecule has 0 atom stereocenters. The second-order valence-electron chi connectivity index (χ2n) is 9.49. The summed E-state index contributed by atoms with van der Waals surface area (Å²) in [6.07, 6.45) is 13.4. The first kappa shape index (κ1) is 31.3. The molecule has 2 aromatic carbocycles. The van der Waals surface area contributed by atoms with Gasteiger partial charge in [-0.25, -0.2) is 10.4 Å². The number of likely N-dealkylation sites (tertiary alicyclic amines) is 1. The number of hydrazine groups is 1. The van der Waals surface area contributed by atoms with Crippen LogP contribution in [0.4, 0.5) is 5.69 Å². The third-order valence-electron chi connectivity index (χ3n) is 6.44. The van der Waals surface area contributed by atoms with Gasteiger partial charge in [0.15, 0.2) is 5.84 Å². The molecule has 1 aliphatic heterocycles. The van der Waals surface area contributed by atoms with Gasteiger partial charge < -0.3 is 10.3 Å². The van der Waals surface area contributed by atoms with E-state index in [1.807, 2.05) is 32.2 Å². The highest BCUT2D eigenvalue weighted by Gasteiger charge is 2.19. The molecule has 2 aromatic rings. The lowest BCUT2D eigenvalue weighted by Crippen LogP contribution is -2.32. The number of benzene rings is 2. The number of para-hydroxylation sites is 1. The number of rotatable bonds is 9. The van der Waals surface area contributed by atoms with Gasteiger partial charge in [0.05, 0.1) is 10.7 Å². The molecule has 0 bridgehead atoms. The summed E-state index contributed by atoms with van der Waals surface area (Å²) >= 11 is 5.91. The lowest BCUT2D eigenvalue weighted by molar-refractivity contribution is 0.236. The number of piperidine rings is 1. The highest BCUT2D eigenvalue weighted by atomic mass is 35.5. The van der Waals surface area contributed by atoms with Gasteiger partial charge in [-0.2, -0.15) is 0 Å². The Bertz CT molecular complexity index is 1070. The quantitative estimate of drug-likeness (QED) is 0.148. The number of anilines is 1. The molecule has 6 heteroatoms. The van der Waals surface area contributed by atoms with E-state index in [0.29, 0.717) is 0 Å². The third kappa shape index (κ3) is 10.5. The van der Waals surface area contributed by atoms with E-state index in [0.717, 1.165) is 66.1 Å². The van der Waals surface area contributed by atoms with E-state index < -0.39 is 0 Å². The number of nitrogens with zero attached hydrogens (tertiary/aromatic N) is 3. The van der Waals surface area contributed by atoms with Crippen molar-refractivity contribution in [1.82, 2.24) is 10.3 Å². The van der Waals surface area contributed by atoms with E-state index in [1.165, 1.54) is 24.1 Å². The van der Waals surface area contributed by atoms with Gasteiger partial charge >= 0.3 is 0 Å². The molecule has 206 valence electrons. The summed E-state index contributed by atoms with van der Waals surface area (Å²) in [5.74, 6) is 1.58. The van der Waals surface area contributed by atoms with E-state index >= 15 is 0 Å². The minimum Gasteiger partial charge on any atom is -0.372 e. The lowest BCUT2D eigenvalue weighted by Gasteiger charge is -2.34. The van der Waals surface area contributed by atoms with Crippen LogP contribution in [0.2, 0.25) is 5.02 Å². The Labute approximate surface area is 235 Å². The first-order chi connectivity index (χ1) is 18.4. The first-order valence-electron chi connectivity index (χ1n) is 13.8. The number of hydrogen-bond acceptors (Lipinski definition) is 4. The van der Waals surface area contributed by atoms with Crippen LogP contribution in [-0.2, 0) is 0 Å². The Morgan fingerprint density at radius 2 is 1.84 bits per heavy atom. The third-order valence-corrected chi connectivity index (χ3v) is 6.75. The van der Waals surface area contributed by atoms with Gasteiger partial charge in [0.2, 0.25) is 0 Å². The summed E-state index contributed by atoms with van der Waals surface area (Å²) in [5.41, 5.74) is 11.6. The second-order valence-corrected chi connectivity index (χ2v) is 9.90. The zero-order valence-corrected chi connectivity index (χ0v) is 24.9. The number of amidine groups is 1. The first-order valence-corrected chi connectivity index (χ1v) is 14.2. The molecular weight excluding hydrogens is 490 g/mol. The molecule has 0 aromatic heterocycles. The van der Waals surface area contributed by atoms with Crippen molar-refractivity contribution >= 4 is 29.3 Å². The molecule has 0 radical (unpaired) electrons. The van der Waals surface area contributed by atoms with Crippen molar-refractivity contribution in [3.05, 3.63) is 88.1 Å². The summed E-state index contributed by atoms with van der Waals surface area (Å²) in [7, 11) is 1.81. The molecule has 38 heavy (non-hydrogen) atoms. The minimum atomic E-state index is 0.721. The molecule has 0 unspecified atom stereocenters. The van der Waals surface area contributed by atoms with Crippen LogP contribution in [0.1, 0.15) is 63.1 Å². The highest BCUT2D eigenvalue weighted by molar-refractivity contribution is 6.33. The van der Waals surface area contributed by atoms with E-state index in [4.69, 9.17) is 16.6 Å². The Morgan fingerprint density at radius 3 is 2.45 bits per heavy atom. The van der Waals surface area contributed by atoms with Crippen LogP contribution < -0.4 is 10.9 Å². The number of halogens is 1. The van der Waals surface area contributed by atoms with Crippen LogP contribution in [0, 0.1) is 19.8 Å². The predicted octanol–water partition coefficient (Wildman–Crippen LogP) is 8.00. The Kier molecular flexibility index (Phi) is 14.5. The number of aryl methyl sites for hydroxylation is 2. The largest absolute Gasteiger partial charge is 0.372 e. The van der Waals surface area contributed by atoms with Crippen molar-refractivity contribution in [1.29, 1.82) is 0 Å². The molecule has 2 N–H and O–H groups in total. The summed E-state index contributed by atoms with van der Waals surface area (Å²) in [4.78, 5) is 11.8. The van der Waals surface area contributed by atoms with Crippen LogP contribution >= 0.6 is 11.6 Å². The number of allylic oxidation sites excluding steroid dienone is 3.